The van der Waals surface area contributed by atoms with Crippen LogP contribution in [-0.2, 0) is 11.2 Å². The first kappa shape index (κ1) is 14.1. The van der Waals surface area contributed by atoms with E-state index in [9.17, 15) is 4.79 Å². The number of carbonyl (C=O) groups excluding carboxylic acids is 1. The minimum Gasteiger partial charge on any atom is -0.479 e. The van der Waals surface area contributed by atoms with E-state index in [1.165, 1.54) is 7.11 Å². The highest BCUT2D eigenvalue weighted by molar-refractivity contribution is 5.73. The second-order valence-electron chi connectivity index (χ2n) is 4.58. The Morgan fingerprint density at radius 2 is 2.10 bits per heavy atom. The van der Waals surface area contributed by atoms with Crippen LogP contribution in [0.4, 0.5) is 0 Å². The fraction of sp³-hybridized carbons (Fsp3) is 0.333. The Labute approximate surface area is 117 Å². The van der Waals surface area contributed by atoms with E-state index in [-0.39, 0.29) is 12.4 Å². The smallest absolute Gasteiger partial charge is 0.311 e. The Hall–Kier alpha value is -2.30. The zero-order chi connectivity index (χ0) is 14.5. The number of aryl methyl sites for hydroxylation is 3. The lowest BCUT2D eigenvalue weighted by Crippen LogP contribution is -2.09. The zero-order valence-electron chi connectivity index (χ0n) is 11.8. The summed E-state index contributed by atoms with van der Waals surface area (Å²) >= 11 is 0. The molecule has 5 nitrogen and oxygen atoms in total. The Morgan fingerprint density at radius 3 is 2.80 bits per heavy atom. The molecule has 0 atom stereocenters. The average Bonchev–Trinajstić information content (AvgIpc) is 2.89. The summed E-state index contributed by atoms with van der Waals surface area (Å²) in [6, 6.07) is 7.42. The molecule has 0 amide bonds. The molecule has 0 aliphatic heterocycles. The summed E-state index contributed by atoms with van der Waals surface area (Å²) in [5.41, 5.74) is 1.99. The normalized spacial score (nSPS) is 10.3. The van der Waals surface area contributed by atoms with Crippen molar-refractivity contribution < 1.29 is 18.8 Å². The molecule has 1 aromatic carbocycles. The predicted octanol–water partition coefficient (Wildman–Crippen LogP) is 2.84. The van der Waals surface area contributed by atoms with E-state index in [4.69, 9.17) is 14.0 Å². The molecule has 0 radical (unpaired) electrons. The van der Waals surface area contributed by atoms with Gasteiger partial charge in [0.25, 0.3) is 5.88 Å². The van der Waals surface area contributed by atoms with Crippen LogP contribution in [0.5, 0.6) is 11.6 Å². The van der Waals surface area contributed by atoms with Gasteiger partial charge in [0.2, 0.25) is 0 Å². The molecule has 5 heteroatoms. The first-order valence-electron chi connectivity index (χ1n) is 6.36. The fourth-order valence-electron chi connectivity index (χ4n) is 1.72. The monoisotopic (exact) mass is 275 g/mol. The molecule has 1 aromatic heterocycles. The topological polar surface area (TPSA) is 61.6 Å². The van der Waals surface area contributed by atoms with Crippen molar-refractivity contribution in [3.8, 4) is 11.6 Å². The molecule has 0 saturated carbocycles. The number of carbonyl (C=O) groups is 1. The lowest BCUT2D eigenvalue weighted by molar-refractivity contribution is -0.134. The van der Waals surface area contributed by atoms with Gasteiger partial charge in [-0.2, -0.15) is 0 Å². The molecule has 0 aliphatic carbocycles. The van der Waals surface area contributed by atoms with Crippen LogP contribution in [0, 0.1) is 13.8 Å². The summed E-state index contributed by atoms with van der Waals surface area (Å²) in [6.07, 6.45) is 0.659. The Morgan fingerprint density at radius 1 is 1.30 bits per heavy atom. The van der Waals surface area contributed by atoms with Crippen molar-refractivity contribution in [1.29, 1.82) is 0 Å². The third kappa shape index (κ3) is 3.60. The van der Waals surface area contributed by atoms with Gasteiger partial charge >= 0.3 is 5.97 Å². The van der Waals surface area contributed by atoms with Gasteiger partial charge in [-0.1, -0.05) is 12.1 Å². The van der Waals surface area contributed by atoms with E-state index in [2.05, 4.69) is 5.16 Å². The van der Waals surface area contributed by atoms with Crippen molar-refractivity contribution in [3.63, 3.8) is 0 Å². The van der Waals surface area contributed by atoms with Crippen molar-refractivity contribution in [2.24, 2.45) is 0 Å². The molecule has 0 N–H and O–H groups in total. The van der Waals surface area contributed by atoms with E-state index < -0.39 is 0 Å². The molecule has 0 spiro atoms. The summed E-state index contributed by atoms with van der Waals surface area (Å²) in [6.45, 7) is 3.86. The molecule has 0 saturated heterocycles. The van der Waals surface area contributed by atoms with Gasteiger partial charge < -0.3 is 14.0 Å². The number of methoxy groups -OCH3 is 1. The number of hydrogen-bond donors (Lipinski definition) is 0. The summed E-state index contributed by atoms with van der Waals surface area (Å²) < 4.78 is 15.3. The van der Waals surface area contributed by atoms with E-state index >= 15 is 0 Å². The number of nitrogens with zero attached hydrogens (tertiary/aromatic N) is 1. The molecule has 106 valence electrons. The van der Waals surface area contributed by atoms with Gasteiger partial charge in [-0.3, -0.25) is 4.79 Å². The maximum atomic E-state index is 11.8. The van der Waals surface area contributed by atoms with Crippen molar-refractivity contribution >= 4 is 5.97 Å². The van der Waals surface area contributed by atoms with Gasteiger partial charge in [-0.05, 0) is 36.2 Å². The van der Waals surface area contributed by atoms with E-state index in [0.717, 1.165) is 11.1 Å². The summed E-state index contributed by atoms with van der Waals surface area (Å²) in [5, 5.41) is 3.67. The molecule has 2 aromatic rings. The van der Waals surface area contributed by atoms with Crippen LogP contribution in [-0.4, -0.2) is 18.2 Å². The van der Waals surface area contributed by atoms with E-state index in [1.807, 2.05) is 32.0 Å². The zero-order valence-corrected chi connectivity index (χ0v) is 11.8. The van der Waals surface area contributed by atoms with Crippen LogP contribution >= 0.6 is 0 Å². The first-order valence-corrected chi connectivity index (χ1v) is 6.36. The van der Waals surface area contributed by atoms with E-state index in [0.29, 0.717) is 23.8 Å². The molecule has 2 rings (SSSR count). The van der Waals surface area contributed by atoms with Crippen molar-refractivity contribution in [1.82, 2.24) is 5.16 Å². The fourth-order valence-corrected chi connectivity index (χ4v) is 1.72. The van der Waals surface area contributed by atoms with Gasteiger partial charge in [0.1, 0.15) is 11.5 Å². The number of aromatic nitrogens is 1. The largest absolute Gasteiger partial charge is 0.479 e. The third-order valence-corrected chi connectivity index (χ3v) is 2.89. The Bertz CT molecular complexity index is 604. The second kappa shape index (κ2) is 6.23. The van der Waals surface area contributed by atoms with Gasteiger partial charge in [0.05, 0.1) is 13.5 Å². The minimum atomic E-state index is -0.297. The highest BCUT2D eigenvalue weighted by atomic mass is 16.5. The van der Waals surface area contributed by atoms with E-state index in [1.54, 1.807) is 6.07 Å². The third-order valence-electron chi connectivity index (χ3n) is 2.89. The maximum Gasteiger partial charge on any atom is 0.311 e. The Kier molecular flexibility index (Phi) is 4.40. The average molecular weight is 275 g/mol. The number of esters is 1. The molecule has 0 fully saturated rings. The SMILES string of the molecule is COc1cc(CCC(=O)Oc2cc(C)ccc2C)on1. The standard InChI is InChI=1S/C15H17NO4/c1-10-4-5-11(2)13(8-10)19-15(17)7-6-12-9-14(18-3)16-20-12/h4-5,8-9H,6-7H2,1-3H3. The van der Waals surface area contributed by atoms with Crippen LogP contribution in [0.2, 0.25) is 0 Å². The number of hydrogen-bond acceptors (Lipinski definition) is 5. The van der Waals surface area contributed by atoms with Crippen molar-refractivity contribution in [3.05, 3.63) is 41.2 Å². The summed E-state index contributed by atoms with van der Waals surface area (Å²) in [7, 11) is 1.51. The molecule has 0 bridgehead atoms. The van der Waals surface area contributed by atoms with Crippen LogP contribution < -0.4 is 9.47 Å². The lowest BCUT2D eigenvalue weighted by Gasteiger charge is -2.07. The minimum absolute atomic E-state index is 0.228. The van der Waals surface area contributed by atoms with Gasteiger partial charge in [-0.15, -0.1) is 0 Å². The molecule has 1 heterocycles. The highest BCUT2D eigenvalue weighted by Crippen LogP contribution is 2.20. The van der Waals surface area contributed by atoms with Crippen LogP contribution in [0.15, 0.2) is 28.8 Å². The van der Waals surface area contributed by atoms with Gasteiger partial charge in [0.15, 0.2) is 0 Å². The number of ether oxygens (including phenoxy) is 2. The Balaban J connectivity index is 1.90. The van der Waals surface area contributed by atoms with Crippen molar-refractivity contribution in [2.45, 2.75) is 26.7 Å². The van der Waals surface area contributed by atoms with Gasteiger partial charge in [0, 0.05) is 12.5 Å². The first-order chi connectivity index (χ1) is 9.58. The highest BCUT2D eigenvalue weighted by Gasteiger charge is 2.11. The second-order valence-corrected chi connectivity index (χ2v) is 4.58. The van der Waals surface area contributed by atoms with Crippen molar-refractivity contribution in [2.75, 3.05) is 7.11 Å². The molecule has 0 unspecified atom stereocenters. The lowest BCUT2D eigenvalue weighted by atomic mass is 10.1. The van der Waals surface area contributed by atoms with Gasteiger partial charge in [-0.25, -0.2) is 0 Å². The summed E-state index contributed by atoms with van der Waals surface area (Å²) in [5.74, 6) is 1.31. The quantitative estimate of drug-likeness (QED) is 0.620. The number of benzene rings is 1. The van der Waals surface area contributed by atoms with Crippen LogP contribution in [0.25, 0.3) is 0 Å². The summed E-state index contributed by atoms with van der Waals surface area (Å²) in [4.78, 5) is 11.8. The van der Waals surface area contributed by atoms with Crippen LogP contribution in [0.1, 0.15) is 23.3 Å². The maximum absolute atomic E-state index is 11.8. The van der Waals surface area contributed by atoms with Crippen LogP contribution in [0.3, 0.4) is 0 Å². The molecule has 0 aliphatic rings. The molecular weight excluding hydrogens is 258 g/mol. The molecular formula is C15H17NO4. The number of rotatable bonds is 5. The predicted molar refractivity (Wildman–Crippen MR) is 72.9 cm³/mol. The molecule has 20 heavy (non-hydrogen) atoms.